The topological polar surface area (TPSA) is 26.0 Å². The fraction of sp³-hybridized carbons (Fsp3) is 0.176. The maximum Gasteiger partial charge on any atom is 0.124 e. The number of rotatable bonds is 5. The van der Waals surface area contributed by atoms with Crippen molar-refractivity contribution >= 4 is 33.2 Å². The normalized spacial score (nSPS) is 12.7. The van der Waals surface area contributed by atoms with Gasteiger partial charge in [-0.3, -0.25) is 0 Å². The lowest BCUT2D eigenvalue weighted by molar-refractivity contribution is 0.624. The van der Waals surface area contributed by atoms with Crippen LogP contribution in [0.15, 0.2) is 58.8 Å². The van der Waals surface area contributed by atoms with E-state index in [2.05, 4.69) is 29.6 Å². The third-order valence-electron chi connectivity index (χ3n) is 3.30. The van der Waals surface area contributed by atoms with Gasteiger partial charge in [0.05, 0.1) is 0 Å². The van der Waals surface area contributed by atoms with Crippen molar-refractivity contribution in [2.24, 2.45) is 5.73 Å². The molecule has 2 N–H and O–H groups in total. The monoisotopic (exact) mass is 317 g/mol. The number of thiophene rings is 1. The maximum atomic E-state index is 13.1. The summed E-state index contributed by atoms with van der Waals surface area (Å²) in [7, 11) is 0. The molecule has 0 amide bonds. The Morgan fingerprint density at radius 1 is 1.14 bits per heavy atom. The third-order valence-corrected chi connectivity index (χ3v) is 5.50. The Bertz CT molecular complexity index is 738. The molecule has 1 aromatic heterocycles. The summed E-state index contributed by atoms with van der Waals surface area (Å²) >= 11 is 3.37. The molecule has 1 nitrogen and oxygen atoms in total. The Kier molecular flexibility index (Phi) is 4.58. The molecule has 4 heteroatoms. The van der Waals surface area contributed by atoms with E-state index in [9.17, 15) is 4.39 Å². The first-order valence-corrected chi connectivity index (χ1v) is 8.68. The molecule has 0 aliphatic rings. The van der Waals surface area contributed by atoms with E-state index < -0.39 is 0 Å². The average Bonchev–Trinajstić information content (AvgIpc) is 2.89. The SMILES string of the molecule is NC(CSc1cccc(F)c1)Cc1csc2ccccc12. The number of hydrogen-bond acceptors (Lipinski definition) is 3. The van der Waals surface area contributed by atoms with Gasteiger partial charge in [-0.15, -0.1) is 23.1 Å². The number of benzene rings is 2. The summed E-state index contributed by atoms with van der Waals surface area (Å²) in [5.41, 5.74) is 7.54. The number of nitrogens with two attached hydrogens (primary N) is 1. The summed E-state index contributed by atoms with van der Waals surface area (Å²) in [6.45, 7) is 0. The largest absolute Gasteiger partial charge is 0.327 e. The van der Waals surface area contributed by atoms with Gasteiger partial charge in [0.2, 0.25) is 0 Å². The molecule has 108 valence electrons. The van der Waals surface area contributed by atoms with Crippen LogP contribution in [0.1, 0.15) is 5.56 Å². The van der Waals surface area contributed by atoms with Crippen molar-refractivity contribution in [2.45, 2.75) is 17.4 Å². The summed E-state index contributed by atoms with van der Waals surface area (Å²) in [5.74, 6) is 0.588. The van der Waals surface area contributed by atoms with Gasteiger partial charge in [0.15, 0.2) is 0 Å². The van der Waals surface area contributed by atoms with E-state index in [0.717, 1.165) is 17.1 Å². The molecule has 0 saturated carbocycles. The molecule has 0 saturated heterocycles. The Hall–Kier alpha value is -1.36. The van der Waals surface area contributed by atoms with E-state index in [1.165, 1.54) is 21.7 Å². The summed E-state index contributed by atoms with van der Waals surface area (Å²) in [6, 6.07) is 15.1. The van der Waals surface area contributed by atoms with Crippen molar-refractivity contribution in [3.63, 3.8) is 0 Å². The molecular weight excluding hydrogens is 301 g/mol. The highest BCUT2D eigenvalue weighted by Gasteiger charge is 2.09. The molecule has 1 unspecified atom stereocenters. The van der Waals surface area contributed by atoms with Crippen molar-refractivity contribution in [1.82, 2.24) is 0 Å². The van der Waals surface area contributed by atoms with Crippen LogP contribution in [0.4, 0.5) is 4.39 Å². The second kappa shape index (κ2) is 6.60. The van der Waals surface area contributed by atoms with Gasteiger partial charge in [0.25, 0.3) is 0 Å². The maximum absolute atomic E-state index is 13.1. The van der Waals surface area contributed by atoms with Crippen LogP contribution in [-0.2, 0) is 6.42 Å². The van der Waals surface area contributed by atoms with Gasteiger partial charge in [-0.2, -0.15) is 0 Å². The molecule has 1 atom stereocenters. The van der Waals surface area contributed by atoms with E-state index in [-0.39, 0.29) is 11.9 Å². The van der Waals surface area contributed by atoms with Crippen LogP contribution in [0.5, 0.6) is 0 Å². The molecule has 0 aliphatic heterocycles. The summed E-state index contributed by atoms with van der Waals surface area (Å²) in [6.07, 6.45) is 0.854. The Labute approximate surface area is 132 Å². The zero-order valence-electron chi connectivity index (χ0n) is 11.5. The van der Waals surface area contributed by atoms with Crippen molar-refractivity contribution in [3.05, 3.63) is 65.3 Å². The van der Waals surface area contributed by atoms with Gasteiger partial charge in [-0.05, 0) is 47.0 Å². The fourth-order valence-corrected chi connectivity index (χ4v) is 4.16. The Balaban J connectivity index is 1.62. The van der Waals surface area contributed by atoms with Crippen LogP contribution >= 0.6 is 23.1 Å². The Morgan fingerprint density at radius 2 is 2.00 bits per heavy atom. The van der Waals surface area contributed by atoms with Crippen LogP contribution in [-0.4, -0.2) is 11.8 Å². The van der Waals surface area contributed by atoms with E-state index in [1.807, 2.05) is 6.07 Å². The first-order valence-electron chi connectivity index (χ1n) is 6.81. The second-order valence-electron chi connectivity index (χ2n) is 4.99. The zero-order valence-corrected chi connectivity index (χ0v) is 13.1. The van der Waals surface area contributed by atoms with E-state index >= 15 is 0 Å². The summed E-state index contributed by atoms with van der Waals surface area (Å²) in [5, 5.41) is 3.49. The smallest absolute Gasteiger partial charge is 0.124 e. The van der Waals surface area contributed by atoms with E-state index in [4.69, 9.17) is 5.73 Å². The minimum atomic E-state index is -0.197. The lowest BCUT2D eigenvalue weighted by atomic mass is 10.1. The van der Waals surface area contributed by atoms with E-state index in [0.29, 0.717) is 0 Å². The molecule has 3 aromatic rings. The third kappa shape index (κ3) is 3.64. The van der Waals surface area contributed by atoms with Crippen LogP contribution in [0.2, 0.25) is 0 Å². The predicted molar refractivity (Wildman–Crippen MR) is 90.6 cm³/mol. The number of fused-ring (bicyclic) bond motifs is 1. The van der Waals surface area contributed by atoms with Gasteiger partial charge in [-0.25, -0.2) is 4.39 Å². The zero-order chi connectivity index (χ0) is 14.7. The molecule has 0 aliphatic carbocycles. The van der Waals surface area contributed by atoms with Crippen molar-refractivity contribution in [2.75, 3.05) is 5.75 Å². The molecule has 0 spiro atoms. The van der Waals surface area contributed by atoms with Gasteiger partial charge in [-0.1, -0.05) is 24.3 Å². The first kappa shape index (κ1) is 14.6. The number of thioether (sulfide) groups is 1. The molecule has 0 fully saturated rings. The molecule has 1 heterocycles. The number of hydrogen-bond donors (Lipinski definition) is 1. The second-order valence-corrected chi connectivity index (χ2v) is 6.99. The van der Waals surface area contributed by atoms with Crippen LogP contribution < -0.4 is 5.73 Å². The van der Waals surface area contributed by atoms with Crippen LogP contribution in [0.25, 0.3) is 10.1 Å². The van der Waals surface area contributed by atoms with Crippen LogP contribution in [0, 0.1) is 5.82 Å². The summed E-state index contributed by atoms with van der Waals surface area (Å²) in [4.78, 5) is 0.931. The fourth-order valence-electron chi connectivity index (χ4n) is 2.29. The molecular formula is C17H16FNS2. The predicted octanol–water partition coefficient (Wildman–Crippen LogP) is 4.70. The van der Waals surface area contributed by atoms with E-state index in [1.54, 1.807) is 35.2 Å². The molecule has 0 radical (unpaired) electrons. The average molecular weight is 317 g/mol. The summed E-state index contributed by atoms with van der Waals surface area (Å²) < 4.78 is 14.4. The van der Waals surface area contributed by atoms with Gasteiger partial charge in [0.1, 0.15) is 5.82 Å². The molecule has 3 rings (SSSR count). The van der Waals surface area contributed by atoms with Gasteiger partial charge >= 0.3 is 0 Å². The number of halogens is 1. The highest BCUT2D eigenvalue weighted by molar-refractivity contribution is 7.99. The van der Waals surface area contributed by atoms with Gasteiger partial charge in [0, 0.05) is 21.4 Å². The highest BCUT2D eigenvalue weighted by Crippen LogP contribution is 2.27. The molecule has 21 heavy (non-hydrogen) atoms. The minimum absolute atomic E-state index is 0.0660. The molecule has 0 bridgehead atoms. The minimum Gasteiger partial charge on any atom is -0.327 e. The first-order chi connectivity index (χ1) is 10.2. The standard InChI is InChI=1S/C17H16FNS2/c18-13-4-3-5-15(9-13)20-11-14(19)8-12-10-21-17-7-2-1-6-16(12)17/h1-7,9-10,14H,8,11,19H2. The quantitative estimate of drug-likeness (QED) is 0.690. The van der Waals surface area contributed by atoms with Crippen molar-refractivity contribution in [3.8, 4) is 0 Å². The van der Waals surface area contributed by atoms with Crippen molar-refractivity contribution in [1.29, 1.82) is 0 Å². The lowest BCUT2D eigenvalue weighted by Crippen LogP contribution is -2.25. The highest BCUT2D eigenvalue weighted by atomic mass is 32.2. The van der Waals surface area contributed by atoms with Gasteiger partial charge < -0.3 is 5.73 Å². The van der Waals surface area contributed by atoms with Crippen molar-refractivity contribution < 1.29 is 4.39 Å². The lowest BCUT2D eigenvalue weighted by Gasteiger charge is -2.11. The Morgan fingerprint density at radius 3 is 2.86 bits per heavy atom. The van der Waals surface area contributed by atoms with Crippen LogP contribution in [0.3, 0.4) is 0 Å². The molecule has 2 aromatic carbocycles.